The standard InChI is InChI=1S/C29H46O3Si/c1-26(2,3)33(6,7)32-21-12-15-27(4)20(19-21)10-11-22-23(27)13-16-28(5)24(22)14-17-29(28,30)25-9-8-18-31-25/h8-10,18,21-24,30H,11-17,19H2,1-7H3/t21?,22-,23-,24+,27+,28+,29?/m1/s1. The van der Waals surface area contributed by atoms with Crippen LogP contribution in [-0.4, -0.2) is 19.5 Å². The van der Waals surface area contributed by atoms with Crippen molar-refractivity contribution in [1.82, 2.24) is 0 Å². The molecule has 3 fully saturated rings. The van der Waals surface area contributed by atoms with Crippen LogP contribution in [0.1, 0.15) is 91.7 Å². The Morgan fingerprint density at radius 2 is 1.79 bits per heavy atom. The highest BCUT2D eigenvalue weighted by Gasteiger charge is 2.65. The van der Waals surface area contributed by atoms with Crippen LogP contribution in [0.15, 0.2) is 34.5 Å². The fourth-order valence-corrected chi connectivity index (χ4v) is 9.64. The van der Waals surface area contributed by atoms with Crippen molar-refractivity contribution in [3.05, 3.63) is 35.8 Å². The van der Waals surface area contributed by atoms with Crippen LogP contribution < -0.4 is 0 Å². The predicted molar refractivity (Wildman–Crippen MR) is 136 cm³/mol. The fourth-order valence-electron chi connectivity index (χ4n) is 8.26. The van der Waals surface area contributed by atoms with Gasteiger partial charge in [-0.1, -0.05) is 46.3 Å². The minimum Gasteiger partial charge on any atom is -0.466 e. The van der Waals surface area contributed by atoms with Gasteiger partial charge in [0.2, 0.25) is 0 Å². The third-order valence-electron chi connectivity index (χ3n) is 11.4. The molecular formula is C29H46O3Si. The Balaban J connectivity index is 1.38. The molecule has 0 amide bonds. The highest BCUT2D eigenvalue weighted by molar-refractivity contribution is 6.74. The van der Waals surface area contributed by atoms with Gasteiger partial charge in [-0.05, 0) is 105 Å². The summed E-state index contributed by atoms with van der Waals surface area (Å²) in [5.74, 6) is 2.78. The smallest absolute Gasteiger partial charge is 0.192 e. The highest BCUT2D eigenvalue weighted by Crippen LogP contribution is 2.69. The van der Waals surface area contributed by atoms with Crippen LogP contribution in [0.3, 0.4) is 0 Å². The van der Waals surface area contributed by atoms with Gasteiger partial charge >= 0.3 is 0 Å². The maximum atomic E-state index is 11.9. The molecule has 0 aromatic carbocycles. The zero-order chi connectivity index (χ0) is 23.9. The minimum atomic E-state index is -1.74. The second kappa shape index (κ2) is 7.58. The van der Waals surface area contributed by atoms with Crippen molar-refractivity contribution in [1.29, 1.82) is 0 Å². The van der Waals surface area contributed by atoms with Crippen molar-refractivity contribution in [2.24, 2.45) is 28.6 Å². The second-order valence-corrected chi connectivity index (χ2v) is 18.6. The Morgan fingerprint density at radius 1 is 1.06 bits per heavy atom. The summed E-state index contributed by atoms with van der Waals surface area (Å²) in [7, 11) is -1.74. The summed E-state index contributed by atoms with van der Waals surface area (Å²) in [5, 5.41) is 12.1. The number of allylic oxidation sites excluding steroid dienone is 1. The van der Waals surface area contributed by atoms with Gasteiger partial charge in [-0.25, -0.2) is 0 Å². The summed E-state index contributed by atoms with van der Waals surface area (Å²) in [4.78, 5) is 0. The Morgan fingerprint density at radius 3 is 2.45 bits per heavy atom. The lowest BCUT2D eigenvalue weighted by Gasteiger charge is -2.59. The average molecular weight is 471 g/mol. The topological polar surface area (TPSA) is 42.6 Å². The largest absolute Gasteiger partial charge is 0.466 e. The van der Waals surface area contributed by atoms with Gasteiger partial charge in [-0.2, -0.15) is 0 Å². The number of hydrogen-bond acceptors (Lipinski definition) is 3. The Bertz CT molecular complexity index is 912. The Hall–Kier alpha value is -0.843. The lowest BCUT2D eigenvalue weighted by molar-refractivity contribution is -0.138. The third-order valence-corrected chi connectivity index (χ3v) is 15.9. The van der Waals surface area contributed by atoms with Gasteiger partial charge in [0, 0.05) is 11.5 Å². The molecule has 5 rings (SSSR count). The Labute approximate surface area is 202 Å². The van der Waals surface area contributed by atoms with Crippen LogP contribution >= 0.6 is 0 Å². The molecule has 1 aromatic rings. The van der Waals surface area contributed by atoms with E-state index in [2.05, 4.69) is 53.8 Å². The van der Waals surface area contributed by atoms with Crippen molar-refractivity contribution in [3.8, 4) is 0 Å². The molecule has 2 unspecified atom stereocenters. The van der Waals surface area contributed by atoms with Crippen molar-refractivity contribution in [3.63, 3.8) is 0 Å². The molecular weight excluding hydrogens is 424 g/mol. The van der Waals surface area contributed by atoms with E-state index in [1.54, 1.807) is 11.8 Å². The summed E-state index contributed by atoms with van der Waals surface area (Å²) in [5.41, 5.74) is 1.09. The molecule has 4 aliphatic carbocycles. The van der Waals surface area contributed by atoms with Crippen LogP contribution in [0.25, 0.3) is 0 Å². The molecule has 3 saturated carbocycles. The third kappa shape index (κ3) is 3.41. The summed E-state index contributed by atoms with van der Waals surface area (Å²) in [6, 6.07) is 3.92. The molecule has 0 bridgehead atoms. The van der Waals surface area contributed by atoms with E-state index >= 15 is 0 Å². The van der Waals surface area contributed by atoms with Gasteiger partial charge in [0.15, 0.2) is 8.32 Å². The number of furan rings is 1. The first kappa shape index (κ1) is 23.9. The van der Waals surface area contributed by atoms with Crippen molar-refractivity contribution >= 4 is 8.32 Å². The van der Waals surface area contributed by atoms with Crippen molar-refractivity contribution in [2.45, 2.75) is 116 Å². The monoisotopic (exact) mass is 470 g/mol. The average Bonchev–Trinajstić information content (AvgIpc) is 3.35. The molecule has 1 aromatic heterocycles. The highest BCUT2D eigenvalue weighted by atomic mass is 28.4. The molecule has 0 aliphatic heterocycles. The van der Waals surface area contributed by atoms with E-state index in [1.807, 2.05) is 12.1 Å². The van der Waals surface area contributed by atoms with Gasteiger partial charge < -0.3 is 13.9 Å². The van der Waals surface area contributed by atoms with Gasteiger partial charge in [0.05, 0.1) is 6.26 Å². The Kier molecular flexibility index (Phi) is 5.48. The van der Waals surface area contributed by atoms with E-state index in [9.17, 15) is 5.11 Å². The van der Waals surface area contributed by atoms with E-state index in [0.29, 0.717) is 23.4 Å². The SMILES string of the molecule is CC(C)(C)[Si](C)(C)OC1CC[C@@]2(C)C(=CC[C@@H]3[C@H]2CC[C@@]2(C)[C@H]3CCC2(O)c2ccco2)C1. The van der Waals surface area contributed by atoms with Crippen molar-refractivity contribution < 1.29 is 13.9 Å². The van der Waals surface area contributed by atoms with E-state index in [4.69, 9.17) is 8.84 Å². The molecule has 7 atom stereocenters. The van der Waals surface area contributed by atoms with Gasteiger partial charge in [-0.15, -0.1) is 0 Å². The van der Waals surface area contributed by atoms with Gasteiger partial charge in [0.25, 0.3) is 0 Å². The number of rotatable bonds is 3. The summed E-state index contributed by atoms with van der Waals surface area (Å²) in [6.07, 6.45) is 13.8. The number of aliphatic hydroxyl groups is 1. The zero-order valence-electron chi connectivity index (χ0n) is 22.0. The first-order valence-corrected chi connectivity index (χ1v) is 16.4. The van der Waals surface area contributed by atoms with E-state index in [-0.39, 0.29) is 10.5 Å². The first-order valence-electron chi connectivity index (χ1n) is 13.5. The molecule has 0 spiro atoms. The van der Waals surface area contributed by atoms with Crippen LogP contribution in [0.5, 0.6) is 0 Å². The van der Waals surface area contributed by atoms with Crippen LogP contribution in [-0.2, 0) is 10.0 Å². The van der Waals surface area contributed by atoms with Crippen molar-refractivity contribution in [2.75, 3.05) is 0 Å². The summed E-state index contributed by atoms with van der Waals surface area (Å²) >= 11 is 0. The lowest BCUT2D eigenvalue weighted by Crippen LogP contribution is -2.54. The maximum Gasteiger partial charge on any atom is 0.192 e. The summed E-state index contributed by atoms with van der Waals surface area (Å²) in [6.45, 7) is 16.8. The molecule has 3 nitrogen and oxygen atoms in total. The van der Waals surface area contributed by atoms with E-state index in [1.165, 1.54) is 25.7 Å². The molecule has 4 heteroatoms. The van der Waals surface area contributed by atoms with Crippen LogP contribution in [0, 0.1) is 28.6 Å². The lowest BCUT2D eigenvalue weighted by atomic mass is 9.47. The molecule has 1 N–H and O–H groups in total. The molecule has 33 heavy (non-hydrogen) atoms. The maximum absolute atomic E-state index is 11.9. The summed E-state index contributed by atoms with van der Waals surface area (Å²) < 4.78 is 12.7. The molecule has 184 valence electrons. The van der Waals surface area contributed by atoms with Crippen LogP contribution in [0.4, 0.5) is 0 Å². The van der Waals surface area contributed by atoms with Gasteiger partial charge in [-0.3, -0.25) is 0 Å². The van der Waals surface area contributed by atoms with E-state index in [0.717, 1.165) is 37.4 Å². The second-order valence-electron chi connectivity index (χ2n) is 13.8. The normalized spacial score (nSPS) is 43.5. The quantitative estimate of drug-likeness (QED) is 0.362. The van der Waals surface area contributed by atoms with E-state index < -0.39 is 13.9 Å². The first-order chi connectivity index (χ1) is 15.3. The number of fused-ring (bicyclic) bond motifs is 5. The van der Waals surface area contributed by atoms with Crippen LogP contribution in [0.2, 0.25) is 18.1 Å². The number of hydrogen-bond donors (Lipinski definition) is 1. The molecule has 0 saturated heterocycles. The molecule has 1 heterocycles. The van der Waals surface area contributed by atoms with Gasteiger partial charge in [0.1, 0.15) is 11.4 Å². The predicted octanol–water partition coefficient (Wildman–Crippen LogP) is 7.82. The zero-order valence-corrected chi connectivity index (χ0v) is 23.0. The molecule has 4 aliphatic rings. The molecule has 0 radical (unpaired) electrons. The fraction of sp³-hybridized carbons (Fsp3) is 0.793. The minimum absolute atomic E-state index is 0.0869.